The molecule has 1 saturated heterocycles. The van der Waals surface area contributed by atoms with Crippen molar-refractivity contribution in [1.82, 2.24) is 30.2 Å². The van der Waals surface area contributed by atoms with Gasteiger partial charge in [0.25, 0.3) is 17.4 Å². The minimum atomic E-state index is -1.02. The Morgan fingerprint density at radius 2 is 1.50 bits per heavy atom. The van der Waals surface area contributed by atoms with E-state index >= 15 is 0 Å². The summed E-state index contributed by atoms with van der Waals surface area (Å²) in [6, 6.07) is 5.70. The molecule has 158 valence electrons. The number of benzene rings is 1. The summed E-state index contributed by atoms with van der Waals surface area (Å²) in [5, 5.41) is 14.4. The highest BCUT2D eigenvalue weighted by atomic mass is 16.3. The molecule has 13 heteroatoms. The molecule has 0 bridgehead atoms. The number of carbonyl (C=O) groups excluding carboxylic acids is 3. The minimum absolute atomic E-state index is 0.00292. The molecule has 1 aromatic carbocycles. The minimum Gasteiger partial charge on any atom is -0.494 e. The van der Waals surface area contributed by atoms with Crippen LogP contribution < -0.4 is 21.9 Å². The number of nitrogens with zero attached hydrogens (tertiary/aromatic N) is 4. The number of aromatic hydroxyl groups is 1. The van der Waals surface area contributed by atoms with Crippen LogP contribution in [0.3, 0.4) is 0 Å². The second kappa shape index (κ2) is 6.53. The fraction of sp³-hybridized carbons (Fsp3) is 0.0526. The van der Waals surface area contributed by atoms with E-state index in [1.165, 1.54) is 7.05 Å². The Morgan fingerprint density at radius 3 is 2.12 bits per heavy atom. The summed E-state index contributed by atoms with van der Waals surface area (Å²) in [7, 11) is 1.23. The average molecular weight is 433 g/mol. The summed E-state index contributed by atoms with van der Waals surface area (Å²) in [5.74, 6) is -2.73. The fourth-order valence-corrected chi connectivity index (χ4v) is 3.40. The molecule has 0 aliphatic carbocycles. The van der Waals surface area contributed by atoms with Crippen LogP contribution in [0.25, 0.3) is 16.7 Å². The Morgan fingerprint density at radius 1 is 0.906 bits per heavy atom. The molecular weight excluding hydrogens is 422 g/mol. The number of urea groups is 1. The van der Waals surface area contributed by atoms with Gasteiger partial charge in [-0.1, -0.05) is 12.1 Å². The number of barbiturate groups is 1. The van der Waals surface area contributed by atoms with Gasteiger partial charge in [0.2, 0.25) is 5.88 Å². The van der Waals surface area contributed by atoms with Gasteiger partial charge < -0.3 is 5.11 Å². The van der Waals surface area contributed by atoms with Gasteiger partial charge in [0.05, 0.1) is 11.0 Å². The van der Waals surface area contributed by atoms with Crippen molar-refractivity contribution in [3.63, 3.8) is 0 Å². The standard InChI is InChI=1S/C19H11N7O6/c1-26-17(30)9(16(29)25-19(26)32)11-13-12(20-6-4-2-3-5-7(6)21-13)10(22-11)8-14(27)23-18(31)24-15(8)28/h2-5,30H,1H3,(H,25,29,32)(H2,23,24,27,28,31). The maximum Gasteiger partial charge on any atom is 0.330 e. The zero-order chi connectivity index (χ0) is 22.7. The number of rotatable bonds is 1. The number of H-pyrrole nitrogens is 1. The molecule has 0 saturated carbocycles. The number of hydrogen-bond acceptors (Lipinski definition) is 9. The summed E-state index contributed by atoms with van der Waals surface area (Å²) in [4.78, 5) is 75.8. The average Bonchev–Trinajstić information content (AvgIpc) is 3.07. The Balaban J connectivity index is 1.89. The van der Waals surface area contributed by atoms with Gasteiger partial charge in [-0.25, -0.2) is 24.5 Å². The molecule has 32 heavy (non-hydrogen) atoms. The first-order valence-corrected chi connectivity index (χ1v) is 9.06. The van der Waals surface area contributed by atoms with Crippen molar-refractivity contribution in [3.8, 4) is 5.88 Å². The number of fused-ring (bicyclic) bond motifs is 2. The molecule has 1 fully saturated rings. The van der Waals surface area contributed by atoms with Gasteiger partial charge in [-0.05, 0) is 12.1 Å². The van der Waals surface area contributed by atoms with Gasteiger partial charge in [0.15, 0.2) is 0 Å². The van der Waals surface area contributed by atoms with Crippen LogP contribution in [-0.2, 0) is 16.6 Å². The molecule has 4 heterocycles. The molecule has 2 aromatic heterocycles. The first kappa shape index (κ1) is 19.0. The first-order valence-electron chi connectivity index (χ1n) is 9.06. The number of aromatic amines is 1. The fourth-order valence-electron chi connectivity index (χ4n) is 3.40. The van der Waals surface area contributed by atoms with E-state index in [0.29, 0.717) is 11.0 Å². The third kappa shape index (κ3) is 2.64. The Bertz CT molecular complexity index is 1570. The zero-order valence-electron chi connectivity index (χ0n) is 16.1. The quantitative estimate of drug-likeness (QED) is 0.268. The smallest absolute Gasteiger partial charge is 0.330 e. The van der Waals surface area contributed by atoms with Gasteiger partial charge >= 0.3 is 11.7 Å². The SMILES string of the molecule is Cn1c(O)c(C2=NC(=C3C(=O)NC(=O)NC3=O)c3nc4ccccc4nc32)c(=O)[nH]c1=O. The largest absolute Gasteiger partial charge is 0.494 e. The van der Waals surface area contributed by atoms with E-state index in [2.05, 4.69) is 19.9 Å². The lowest BCUT2D eigenvalue weighted by atomic mass is 10.1. The molecule has 4 amide bonds. The van der Waals surface area contributed by atoms with E-state index in [1.807, 2.05) is 10.6 Å². The Labute approximate surface area is 176 Å². The van der Waals surface area contributed by atoms with E-state index in [4.69, 9.17) is 0 Å². The monoisotopic (exact) mass is 433 g/mol. The third-order valence-corrected chi connectivity index (χ3v) is 4.92. The lowest BCUT2D eigenvalue weighted by Gasteiger charge is -2.15. The van der Waals surface area contributed by atoms with Crippen LogP contribution in [0.5, 0.6) is 5.88 Å². The van der Waals surface area contributed by atoms with Gasteiger partial charge in [0, 0.05) is 7.05 Å². The van der Waals surface area contributed by atoms with Crippen molar-refractivity contribution in [3.05, 3.63) is 67.6 Å². The molecule has 0 spiro atoms. The Kier molecular flexibility index (Phi) is 3.89. The highest BCUT2D eigenvalue weighted by molar-refractivity contribution is 6.34. The second-order valence-electron chi connectivity index (χ2n) is 6.85. The number of amides is 4. The van der Waals surface area contributed by atoms with Crippen LogP contribution in [0.2, 0.25) is 0 Å². The molecule has 2 aliphatic rings. The van der Waals surface area contributed by atoms with Crippen LogP contribution >= 0.6 is 0 Å². The van der Waals surface area contributed by atoms with E-state index in [-0.39, 0.29) is 22.8 Å². The predicted molar refractivity (Wildman–Crippen MR) is 108 cm³/mol. The molecular formula is C19H11N7O6. The van der Waals surface area contributed by atoms with E-state index in [1.54, 1.807) is 24.3 Å². The van der Waals surface area contributed by atoms with Crippen LogP contribution in [0.1, 0.15) is 17.0 Å². The molecule has 3 aromatic rings. The lowest BCUT2D eigenvalue weighted by molar-refractivity contribution is -0.123. The van der Waals surface area contributed by atoms with Crippen LogP contribution in [0.4, 0.5) is 4.79 Å². The number of hydrogen-bond donors (Lipinski definition) is 4. The molecule has 2 aliphatic heterocycles. The highest BCUT2D eigenvalue weighted by Crippen LogP contribution is 2.34. The summed E-state index contributed by atoms with van der Waals surface area (Å²) in [6.07, 6.45) is 0. The number of carbonyl (C=O) groups is 3. The van der Waals surface area contributed by atoms with Crippen molar-refractivity contribution in [2.45, 2.75) is 0 Å². The van der Waals surface area contributed by atoms with Crippen molar-refractivity contribution in [2.75, 3.05) is 0 Å². The van der Waals surface area contributed by atoms with Crippen molar-refractivity contribution in [2.24, 2.45) is 12.0 Å². The summed E-state index contributed by atoms with van der Waals surface area (Å²) in [5.41, 5.74) is -2.37. The topological polar surface area (TPSA) is 188 Å². The summed E-state index contributed by atoms with van der Waals surface area (Å²) >= 11 is 0. The first-order chi connectivity index (χ1) is 15.3. The van der Waals surface area contributed by atoms with Crippen molar-refractivity contribution >= 4 is 40.3 Å². The number of imide groups is 2. The molecule has 0 radical (unpaired) electrons. The van der Waals surface area contributed by atoms with E-state index in [9.17, 15) is 29.1 Å². The highest BCUT2D eigenvalue weighted by Gasteiger charge is 2.38. The molecule has 0 unspecified atom stereocenters. The number of aliphatic imine (C=N–C) groups is 1. The number of para-hydroxylation sites is 2. The van der Waals surface area contributed by atoms with E-state index in [0.717, 1.165) is 4.57 Å². The maximum absolute atomic E-state index is 12.6. The number of nitrogens with one attached hydrogen (secondary N) is 3. The second-order valence-corrected chi connectivity index (χ2v) is 6.85. The zero-order valence-corrected chi connectivity index (χ0v) is 16.1. The maximum atomic E-state index is 12.6. The van der Waals surface area contributed by atoms with Crippen molar-refractivity contribution in [1.29, 1.82) is 0 Å². The summed E-state index contributed by atoms with van der Waals surface area (Å²) < 4.78 is 0.789. The Hall–Kier alpha value is -4.94. The summed E-state index contributed by atoms with van der Waals surface area (Å²) in [6.45, 7) is 0. The van der Waals surface area contributed by atoms with Crippen LogP contribution in [0.15, 0.2) is 44.4 Å². The third-order valence-electron chi connectivity index (χ3n) is 4.92. The van der Waals surface area contributed by atoms with E-state index < -0.39 is 46.1 Å². The van der Waals surface area contributed by atoms with Gasteiger partial charge in [-0.2, -0.15) is 0 Å². The molecule has 0 atom stereocenters. The van der Waals surface area contributed by atoms with Gasteiger partial charge in [0.1, 0.15) is 33.9 Å². The van der Waals surface area contributed by atoms with Gasteiger partial charge in [-0.15, -0.1) is 0 Å². The normalized spacial score (nSPS) is 15.5. The van der Waals surface area contributed by atoms with Crippen LogP contribution in [0, 0.1) is 0 Å². The molecule has 13 nitrogen and oxygen atoms in total. The molecule has 5 rings (SSSR count). The van der Waals surface area contributed by atoms with Crippen LogP contribution in [-0.4, -0.2) is 48.2 Å². The molecule has 4 N–H and O–H groups in total. The number of aromatic nitrogens is 4. The van der Waals surface area contributed by atoms with Crippen molar-refractivity contribution < 1.29 is 19.5 Å². The van der Waals surface area contributed by atoms with Gasteiger partial charge in [-0.3, -0.25) is 34.6 Å². The predicted octanol–water partition coefficient (Wildman–Crippen LogP) is -1.35. The lowest BCUT2D eigenvalue weighted by Crippen LogP contribution is -2.51.